The Balaban J connectivity index is 2.12. The Morgan fingerprint density at radius 1 is 0.909 bits per heavy atom. The monoisotopic (exact) mass is 157 g/mol. The van der Waals surface area contributed by atoms with Crippen LogP contribution in [-0.4, -0.2) is 24.3 Å². The first-order valence-corrected chi connectivity index (χ1v) is 4.78. The van der Waals surface area contributed by atoms with Crippen molar-refractivity contribution in [3.05, 3.63) is 0 Å². The van der Waals surface area contributed by atoms with Crippen LogP contribution in [0, 0.1) is 0 Å². The number of rotatable bonds is 0. The third-order valence-electron chi connectivity index (χ3n) is 2.28. The van der Waals surface area contributed by atoms with Crippen LogP contribution >= 0.6 is 0 Å². The van der Waals surface area contributed by atoms with Gasteiger partial charge in [0.1, 0.15) is 0 Å². The van der Waals surface area contributed by atoms with Crippen LogP contribution in [0.2, 0.25) is 0 Å². The maximum atomic E-state index is 9.41. The van der Waals surface area contributed by atoms with Gasteiger partial charge in [-0.2, -0.15) is 0 Å². The molecule has 11 heavy (non-hydrogen) atoms. The Kier molecular flexibility index (Phi) is 4.55. The molecule has 1 aliphatic rings. The fourth-order valence-corrected chi connectivity index (χ4v) is 1.53. The van der Waals surface area contributed by atoms with Crippen LogP contribution in [0.1, 0.15) is 38.5 Å². The van der Waals surface area contributed by atoms with E-state index in [4.69, 9.17) is 0 Å². The molecule has 1 rings (SSSR count). The predicted molar refractivity (Wildman–Crippen MR) is 46.6 cm³/mol. The van der Waals surface area contributed by atoms with Gasteiger partial charge < -0.3 is 10.4 Å². The topological polar surface area (TPSA) is 32.3 Å². The van der Waals surface area contributed by atoms with Crippen molar-refractivity contribution in [3.8, 4) is 0 Å². The molecule has 1 saturated heterocycles. The molecule has 0 amide bonds. The summed E-state index contributed by atoms with van der Waals surface area (Å²) >= 11 is 0. The summed E-state index contributed by atoms with van der Waals surface area (Å²) in [6, 6.07) is 0. The van der Waals surface area contributed by atoms with E-state index in [1.54, 1.807) is 0 Å². The van der Waals surface area contributed by atoms with Crippen LogP contribution in [0.15, 0.2) is 0 Å². The van der Waals surface area contributed by atoms with Gasteiger partial charge in [-0.3, -0.25) is 0 Å². The van der Waals surface area contributed by atoms with Gasteiger partial charge in [-0.15, -0.1) is 0 Å². The molecule has 1 heterocycles. The first-order chi connectivity index (χ1) is 5.39. The molecule has 0 spiro atoms. The highest BCUT2D eigenvalue weighted by Crippen LogP contribution is 2.09. The van der Waals surface area contributed by atoms with Crippen LogP contribution in [0.5, 0.6) is 0 Å². The number of nitrogens with one attached hydrogen (secondary N) is 1. The number of hydrogen-bond donors (Lipinski definition) is 2. The highest BCUT2D eigenvalue weighted by Gasteiger charge is 2.04. The average molecular weight is 157 g/mol. The lowest BCUT2D eigenvalue weighted by molar-refractivity contribution is 0.146. The minimum Gasteiger partial charge on any atom is -0.393 e. The molecule has 66 valence electrons. The highest BCUT2D eigenvalue weighted by molar-refractivity contribution is 4.60. The third kappa shape index (κ3) is 4.38. The van der Waals surface area contributed by atoms with Gasteiger partial charge in [0.2, 0.25) is 0 Å². The van der Waals surface area contributed by atoms with Crippen LogP contribution in [0.3, 0.4) is 0 Å². The zero-order valence-corrected chi connectivity index (χ0v) is 7.18. The van der Waals surface area contributed by atoms with Gasteiger partial charge in [-0.25, -0.2) is 0 Å². The molecular weight excluding hydrogens is 138 g/mol. The van der Waals surface area contributed by atoms with Gasteiger partial charge >= 0.3 is 0 Å². The second kappa shape index (κ2) is 5.56. The summed E-state index contributed by atoms with van der Waals surface area (Å²) in [5.41, 5.74) is 0. The van der Waals surface area contributed by atoms with Crippen LogP contribution in [0.4, 0.5) is 0 Å². The summed E-state index contributed by atoms with van der Waals surface area (Å²) in [5, 5.41) is 12.8. The fourth-order valence-electron chi connectivity index (χ4n) is 1.53. The smallest absolute Gasteiger partial charge is 0.0540 e. The molecule has 2 N–H and O–H groups in total. The zero-order valence-electron chi connectivity index (χ0n) is 7.18. The van der Waals surface area contributed by atoms with Gasteiger partial charge in [0.05, 0.1) is 6.10 Å². The summed E-state index contributed by atoms with van der Waals surface area (Å²) in [6.45, 7) is 2.26. The van der Waals surface area contributed by atoms with Crippen LogP contribution < -0.4 is 5.32 Å². The lowest BCUT2D eigenvalue weighted by atomic mass is 10.0. The maximum absolute atomic E-state index is 9.41. The van der Waals surface area contributed by atoms with Crippen molar-refractivity contribution < 1.29 is 5.11 Å². The molecule has 0 aliphatic carbocycles. The molecule has 1 fully saturated rings. The molecule has 0 aromatic rings. The summed E-state index contributed by atoms with van der Waals surface area (Å²) in [5.74, 6) is 0. The van der Waals surface area contributed by atoms with Gasteiger partial charge in [-0.1, -0.05) is 0 Å². The SMILES string of the molecule is OC1CCCCNCCCC1. The molecule has 0 saturated carbocycles. The number of hydrogen-bond acceptors (Lipinski definition) is 2. The first kappa shape index (κ1) is 9.01. The van der Waals surface area contributed by atoms with Crippen LogP contribution in [-0.2, 0) is 0 Å². The number of aliphatic hydroxyl groups is 1. The second-order valence-corrected chi connectivity index (χ2v) is 3.40. The Morgan fingerprint density at radius 3 is 2.00 bits per heavy atom. The van der Waals surface area contributed by atoms with E-state index in [1.807, 2.05) is 0 Å². The molecule has 0 aromatic heterocycles. The van der Waals surface area contributed by atoms with Crippen molar-refractivity contribution in [3.63, 3.8) is 0 Å². The van der Waals surface area contributed by atoms with Crippen molar-refractivity contribution in [2.75, 3.05) is 13.1 Å². The predicted octanol–water partition coefficient (Wildman–Crippen LogP) is 1.29. The van der Waals surface area contributed by atoms with Gasteiger partial charge in [0, 0.05) is 0 Å². The molecule has 0 atom stereocenters. The molecule has 0 unspecified atom stereocenters. The minimum absolute atomic E-state index is 0.0203. The normalized spacial score (nSPS) is 24.8. The van der Waals surface area contributed by atoms with Crippen molar-refractivity contribution in [1.82, 2.24) is 5.32 Å². The van der Waals surface area contributed by atoms with Crippen LogP contribution in [0.25, 0.3) is 0 Å². The van der Waals surface area contributed by atoms with E-state index < -0.39 is 0 Å². The summed E-state index contributed by atoms with van der Waals surface area (Å²) in [4.78, 5) is 0. The lowest BCUT2D eigenvalue weighted by Crippen LogP contribution is -2.19. The van der Waals surface area contributed by atoms with E-state index in [-0.39, 0.29) is 6.10 Å². The molecule has 2 nitrogen and oxygen atoms in total. The molecule has 1 aliphatic heterocycles. The third-order valence-corrected chi connectivity index (χ3v) is 2.28. The van der Waals surface area contributed by atoms with E-state index in [1.165, 1.54) is 25.7 Å². The van der Waals surface area contributed by atoms with E-state index in [9.17, 15) is 5.11 Å². The van der Waals surface area contributed by atoms with Gasteiger partial charge in [0.25, 0.3) is 0 Å². The van der Waals surface area contributed by atoms with Crippen molar-refractivity contribution in [2.45, 2.75) is 44.6 Å². The maximum Gasteiger partial charge on any atom is 0.0540 e. The molecule has 0 aromatic carbocycles. The quantitative estimate of drug-likeness (QED) is 0.555. The Labute approximate surface area is 69.0 Å². The summed E-state index contributed by atoms with van der Waals surface area (Å²) < 4.78 is 0. The Bertz CT molecular complexity index is 85.6. The summed E-state index contributed by atoms with van der Waals surface area (Å²) in [6.07, 6.45) is 6.77. The zero-order chi connectivity index (χ0) is 7.94. The molecule has 0 radical (unpaired) electrons. The van der Waals surface area contributed by atoms with Crippen molar-refractivity contribution in [1.29, 1.82) is 0 Å². The highest BCUT2D eigenvalue weighted by atomic mass is 16.3. The molecule has 2 heteroatoms. The van der Waals surface area contributed by atoms with E-state index in [0.717, 1.165) is 25.9 Å². The Hall–Kier alpha value is -0.0800. The molecule has 0 bridgehead atoms. The fraction of sp³-hybridized carbons (Fsp3) is 1.00. The second-order valence-electron chi connectivity index (χ2n) is 3.40. The standard InChI is InChI=1S/C9H19NO/c11-9-5-1-3-7-10-8-4-2-6-9/h9-11H,1-8H2. The van der Waals surface area contributed by atoms with E-state index in [0.29, 0.717) is 0 Å². The first-order valence-electron chi connectivity index (χ1n) is 4.78. The van der Waals surface area contributed by atoms with Gasteiger partial charge in [-0.05, 0) is 51.6 Å². The number of aliphatic hydroxyl groups excluding tert-OH is 1. The Morgan fingerprint density at radius 2 is 1.45 bits per heavy atom. The van der Waals surface area contributed by atoms with Gasteiger partial charge in [0.15, 0.2) is 0 Å². The summed E-state index contributed by atoms with van der Waals surface area (Å²) in [7, 11) is 0. The van der Waals surface area contributed by atoms with E-state index in [2.05, 4.69) is 5.32 Å². The van der Waals surface area contributed by atoms with E-state index >= 15 is 0 Å². The van der Waals surface area contributed by atoms with Crippen molar-refractivity contribution in [2.24, 2.45) is 0 Å². The molecular formula is C9H19NO. The largest absolute Gasteiger partial charge is 0.393 e. The minimum atomic E-state index is -0.0203. The lowest BCUT2D eigenvalue weighted by Gasteiger charge is -2.13. The van der Waals surface area contributed by atoms with Crippen molar-refractivity contribution >= 4 is 0 Å². The average Bonchev–Trinajstić information content (AvgIpc) is 2.03.